The zero-order chi connectivity index (χ0) is 7.56. The van der Waals surface area contributed by atoms with E-state index in [1.54, 1.807) is 0 Å². The molecule has 1 rings (SSSR count). The van der Waals surface area contributed by atoms with Gasteiger partial charge in [-0.1, -0.05) is 19.1 Å². The summed E-state index contributed by atoms with van der Waals surface area (Å²) >= 11 is 9.10. The zero-order valence-corrected chi connectivity index (χ0v) is 7.92. The van der Waals surface area contributed by atoms with Gasteiger partial charge >= 0.3 is 0 Å². The molecule has 0 aromatic carbocycles. The van der Waals surface area contributed by atoms with Crippen LogP contribution >= 0.6 is 24.8 Å². The van der Waals surface area contributed by atoms with Crippen LogP contribution in [0.3, 0.4) is 0 Å². The summed E-state index contributed by atoms with van der Waals surface area (Å²) in [5, 5.41) is 0. The molecular formula is C7H13NS2. The van der Waals surface area contributed by atoms with Crippen LogP contribution in [0.4, 0.5) is 0 Å². The van der Waals surface area contributed by atoms with Crippen molar-refractivity contribution in [3.63, 3.8) is 0 Å². The Morgan fingerprint density at radius 2 is 2.40 bits per heavy atom. The summed E-state index contributed by atoms with van der Waals surface area (Å²) in [5.74, 6) is 0.791. The first-order valence-electron chi connectivity index (χ1n) is 3.68. The highest BCUT2D eigenvalue weighted by molar-refractivity contribution is 8.10. The first kappa shape index (κ1) is 8.34. The molecule has 0 aromatic heterocycles. The van der Waals surface area contributed by atoms with Gasteiger partial charge < -0.3 is 4.90 Å². The molecule has 0 amide bonds. The number of rotatable bonds is 0. The average Bonchev–Trinajstić information content (AvgIpc) is 1.88. The molecule has 1 nitrogen and oxygen atoms in total. The van der Waals surface area contributed by atoms with Gasteiger partial charge in [-0.15, -0.1) is 12.6 Å². The second-order valence-electron chi connectivity index (χ2n) is 2.98. The maximum atomic E-state index is 4.96. The molecular weight excluding hydrogens is 162 g/mol. The fraction of sp³-hybridized carbons (Fsp3) is 0.857. The van der Waals surface area contributed by atoms with Gasteiger partial charge in [0.1, 0.15) is 4.32 Å². The fourth-order valence-electron chi connectivity index (χ4n) is 1.36. The summed E-state index contributed by atoms with van der Waals surface area (Å²) in [6.45, 7) is 4.47. The number of likely N-dealkylation sites (tertiary alicyclic amines) is 1. The highest BCUT2D eigenvalue weighted by Gasteiger charge is 2.15. The molecule has 0 aliphatic carbocycles. The number of hydrogen-bond acceptors (Lipinski definition) is 1. The van der Waals surface area contributed by atoms with E-state index in [4.69, 9.17) is 12.2 Å². The lowest BCUT2D eigenvalue weighted by Gasteiger charge is -2.31. The lowest BCUT2D eigenvalue weighted by atomic mass is 10.0. The number of thiocarbonyl (C=S) groups is 1. The van der Waals surface area contributed by atoms with Crippen molar-refractivity contribution < 1.29 is 0 Å². The van der Waals surface area contributed by atoms with Crippen molar-refractivity contribution in [1.29, 1.82) is 0 Å². The molecule has 1 fully saturated rings. The van der Waals surface area contributed by atoms with E-state index in [1.165, 1.54) is 12.8 Å². The Bertz CT molecular complexity index is 136. The first-order valence-corrected chi connectivity index (χ1v) is 4.53. The lowest BCUT2D eigenvalue weighted by molar-refractivity contribution is 0.281. The third kappa shape index (κ3) is 2.13. The molecule has 1 saturated heterocycles. The normalized spacial score (nSPS) is 26.6. The topological polar surface area (TPSA) is 3.24 Å². The smallest absolute Gasteiger partial charge is 0.133 e. The minimum absolute atomic E-state index is 0.756. The van der Waals surface area contributed by atoms with Crippen molar-refractivity contribution in [3.05, 3.63) is 0 Å². The van der Waals surface area contributed by atoms with Crippen molar-refractivity contribution in [2.45, 2.75) is 19.8 Å². The van der Waals surface area contributed by atoms with Crippen LogP contribution in [0, 0.1) is 5.92 Å². The monoisotopic (exact) mass is 175 g/mol. The van der Waals surface area contributed by atoms with Gasteiger partial charge in [-0.3, -0.25) is 0 Å². The molecule has 0 saturated carbocycles. The minimum Gasteiger partial charge on any atom is -0.357 e. The quantitative estimate of drug-likeness (QED) is 0.443. The fourth-order valence-corrected chi connectivity index (χ4v) is 1.71. The Kier molecular flexibility index (Phi) is 2.98. The predicted octanol–water partition coefficient (Wildman–Crippen LogP) is 1.93. The summed E-state index contributed by atoms with van der Waals surface area (Å²) in [6, 6.07) is 0. The zero-order valence-electron chi connectivity index (χ0n) is 6.21. The largest absolute Gasteiger partial charge is 0.357 e. The Labute approximate surface area is 73.2 Å². The molecule has 1 unspecified atom stereocenters. The van der Waals surface area contributed by atoms with E-state index in [2.05, 4.69) is 24.5 Å². The highest BCUT2D eigenvalue weighted by atomic mass is 32.1. The van der Waals surface area contributed by atoms with E-state index in [1.807, 2.05) is 0 Å². The molecule has 10 heavy (non-hydrogen) atoms. The molecule has 0 bridgehead atoms. The second-order valence-corrected chi connectivity index (χ2v) is 4.09. The summed E-state index contributed by atoms with van der Waals surface area (Å²) < 4.78 is 0.756. The van der Waals surface area contributed by atoms with Crippen LogP contribution in [0.25, 0.3) is 0 Å². The van der Waals surface area contributed by atoms with Crippen LogP contribution in [-0.2, 0) is 0 Å². The number of piperidine rings is 1. The molecule has 0 N–H and O–H groups in total. The van der Waals surface area contributed by atoms with Gasteiger partial charge in [0.2, 0.25) is 0 Å². The lowest BCUT2D eigenvalue weighted by Crippen LogP contribution is -2.35. The number of nitrogens with zero attached hydrogens (tertiary/aromatic N) is 1. The van der Waals surface area contributed by atoms with E-state index >= 15 is 0 Å². The minimum atomic E-state index is 0.756. The molecule has 58 valence electrons. The van der Waals surface area contributed by atoms with Crippen molar-refractivity contribution in [2.75, 3.05) is 13.1 Å². The van der Waals surface area contributed by atoms with Crippen LogP contribution in [0.2, 0.25) is 0 Å². The average molecular weight is 175 g/mol. The molecule has 1 heterocycles. The predicted molar refractivity (Wildman–Crippen MR) is 51.6 cm³/mol. The van der Waals surface area contributed by atoms with Crippen LogP contribution < -0.4 is 0 Å². The molecule has 0 aromatic rings. The first-order chi connectivity index (χ1) is 4.70. The molecule has 3 heteroatoms. The van der Waals surface area contributed by atoms with Crippen LogP contribution in [-0.4, -0.2) is 22.3 Å². The maximum Gasteiger partial charge on any atom is 0.133 e. The Morgan fingerprint density at radius 3 is 2.80 bits per heavy atom. The van der Waals surface area contributed by atoms with Gasteiger partial charge in [0.25, 0.3) is 0 Å². The summed E-state index contributed by atoms with van der Waals surface area (Å²) in [4.78, 5) is 2.17. The van der Waals surface area contributed by atoms with E-state index in [0.29, 0.717) is 0 Å². The molecule has 1 aliphatic rings. The number of hydrogen-bond donors (Lipinski definition) is 1. The second kappa shape index (κ2) is 3.58. The van der Waals surface area contributed by atoms with Crippen molar-refractivity contribution in [1.82, 2.24) is 4.90 Å². The summed E-state index contributed by atoms with van der Waals surface area (Å²) in [7, 11) is 0. The van der Waals surface area contributed by atoms with E-state index in [9.17, 15) is 0 Å². The molecule has 0 spiro atoms. The van der Waals surface area contributed by atoms with Crippen molar-refractivity contribution in [2.24, 2.45) is 5.92 Å². The molecule has 1 aliphatic heterocycles. The third-order valence-corrected chi connectivity index (χ3v) is 2.47. The molecule has 0 radical (unpaired) electrons. The van der Waals surface area contributed by atoms with Crippen LogP contribution in [0.15, 0.2) is 0 Å². The van der Waals surface area contributed by atoms with E-state index < -0.39 is 0 Å². The van der Waals surface area contributed by atoms with E-state index in [0.717, 1.165) is 23.3 Å². The SMILES string of the molecule is CC1CCCN(C(=S)S)C1. The van der Waals surface area contributed by atoms with Gasteiger partial charge in [-0.25, -0.2) is 0 Å². The Morgan fingerprint density at radius 1 is 1.70 bits per heavy atom. The van der Waals surface area contributed by atoms with Gasteiger partial charge in [0.15, 0.2) is 0 Å². The summed E-state index contributed by atoms with van der Waals surface area (Å²) in [6.07, 6.45) is 2.61. The third-order valence-electron chi connectivity index (χ3n) is 1.93. The van der Waals surface area contributed by atoms with Crippen molar-refractivity contribution >= 4 is 29.2 Å². The van der Waals surface area contributed by atoms with Crippen LogP contribution in [0.5, 0.6) is 0 Å². The van der Waals surface area contributed by atoms with Gasteiger partial charge in [-0.2, -0.15) is 0 Å². The Balaban J connectivity index is 2.39. The van der Waals surface area contributed by atoms with E-state index in [-0.39, 0.29) is 0 Å². The summed E-state index contributed by atoms with van der Waals surface area (Å²) in [5.41, 5.74) is 0. The van der Waals surface area contributed by atoms with Gasteiger partial charge in [0.05, 0.1) is 0 Å². The van der Waals surface area contributed by atoms with Gasteiger partial charge in [0, 0.05) is 13.1 Å². The standard InChI is InChI=1S/C7H13NS2/c1-6-3-2-4-8(5-6)7(9)10/h6H,2-5H2,1H3,(H,9,10). The van der Waals surface area contributed by atoms with Crippen molar-refractivity contribution in [3.8, 4) is 0 Å². The van der Waals surface area contributed by atoms with Crippen LogP contribution in [0.1, 0.15) is 19.8 Å². The molecule has 1 atom stereocenters. The van der Waals surface area contributed by atoms with Gasteiger partial charge in [-0.05, 0) is 18.8 Å². The Hall–Kier alpha value is 0.240. The maximum absolute atomic E-state index is 4.96. The highest BCUT2D eigenvalue weighted by Crippen LogP contribution is 2.16. The number of thiol groups is 1.